The lowest BCUT2D eigenvalue weighted by molar-refractivity contribution is 0.0611. The molecule has 26 heavy (non-hydrogen) atoms. The van der Waals surface area contributed by atoms with E-state index < -0.39 is 0 Å². The van der Waals surface area contributed by atoms with Gasteiger partial charge in [-0.3, -0.25) is 4.79 Å². The van der Waals surface area contributed by atoms with Crippen LogP contribution in [0.2, 0.25) is 0 Å². The Morgan fingerprint density at radius 3 is 2.42 bits per heavy atom. The van der Waals surface area contributed by atoms with Gasteiger partial charge in [0.1, 0.15) is 5.76 Å². The van der Waals surface area contributed by atoms with Gasteiger partial charge in [-0.25, -0.2) is 0 Å². The van der Waals surface area contributed by atoms with Crippen molar-refractivity contribution < 1.29 is 9.21 Å². The average Bonchev–Trinajstić information content (AvgIpc) is 3.16. The van der Waals surface area contributed by atoms with Gasteiger partial charge in [0.15, 0.2) is 5.76 Å². The number of carbonyl (C=O) groups is 1. The minimum atomic E-state index is 0. The Bertz CT molecular complexity index is 690. The molecule has 0 bridgehead atoms. The van der Waals surface area contributed by atoms with Crippen LogP contribution in [0.1, 0.15) is 49.2 Å². The molecule has 0 aliphatic carbocycles. The van der Waals surface area contributed by atoms with Crippen LogP contribution in [0.25, 0.3) is 11.3 Å². The predicted molar refractivity (Wildman–Crippen MR) is 108 cm³/mol. The Kier molecular flexibility index (Phi) is 7.73. The van der Waals surface area contributed by atoms with Crippen LogP contribution in [-0.4, -0.2) is 36.5 Å². The van der Waals surface area contributed by atoms with Crippen LogP contribution in [0.4, 0.5) is 0 Å². The first kappa shape index (κ1) is 20.5. The fourth-order valence-electron chi connectivity index (χ4n) is 3.46. The van der Waals surface area contributed by atoms with Crippen molar-refractivity contribution in [1.29, 1.82) is 0 Å². The van der Waals surface area contributed by atoms with Gasteiger partial charge in [0.2, 0.25) is 0 Å². The lowest BCUT2D eigenvalue weighted by atomic mass is 10.0. The topological polar surface area (TPSA) is 45.5 Å². The zero-order valence-electron chi connectivity index (χ0n) is 15.7. The second kappa shape index (κ2) is 9.79. The van der Waals surface area contributed by atoms with Gasteiger partial charge in [-0.15, -0.1) is 12.4 Å². The molecule has 0 radical (unpaired) electrons. The molecule has 1 aliphatic rings. The van der Waals surface area contributed by atoms with Gasteiger partial charge in [0.25, 0.3) is 5.91 Å². The summed E-state index contributed by atoms with van der Waals surface area (Å²) in [6.45, 7) is 6.99. The van der Waals surface area contributed by atoms with Crippen LogP contribution in [0.3, 0.4) is 0 Å². The average molecular weight is 377 g/mol. The minimum Gasteiger partial charge on any atom is -0.451 e. The number of hydrogen-bond acceptors (Lipinski definition) is 3. The summed E-state index contributed by atoms with van der Waals surface area (Å²) in [5.41, 5.74) is 2.31. The minimum absolute atomic E-state index is 0. The second-order valence-electron chi connectivity index (χ2n) is 6.69. The zero-order valence-corrected chi connectivity index (χ0v) is 16.5. The number of benzene rings is 1. The summed E-state index contributed by atoms with van der Waals surface area (Å²) >= 11 is 0. The Morgan fingerprint density at radius 1 is 1.12 bits per heavy atom. The van der Waals surface area contributed by atoms with Crippen molar-refractivity contribution in [2.75, 3.05) is 19.6 Å². The second-order valence-corrected chi connectivity index (χ2v) is 6.69. The van der Waals surface area contributed by atoms with Gasteiger partial charge in [-0.05, 0) is 56.5 Å². The maximum atomic E-state index is 13.0. The summed E-state index contributed by atoms with van der Waals surface area (Å²) in [4.78, 5) is 15.0. The highest BCUT2D eigenvalue weighted by atomic mass is 35.5. The van der Waals surface area contributed by atoms with Gasteiger partial charge >= 0.3 is 0 Å². The number of aryl methyl sites for hydroxylation is 1. The molecule has 4 nitrogen and oxygen atoms in total. The van der Waals surface area contributed by atoms with Crippen molar-refractivity contribution in [2.45, 2.75) is 45.6 Å². The number of carbonyl (C=O) groups excluding carboxylic acids is 1. The summed E-state index contributed by atoms with van der Waals surface area (Å²) < 4.78 is 5.92. The van der Waals surface area contributed by atoms with E-state index in [1.807, 2.05) is 17.0 Å². The molecule has 1 aliphatic heterocycles. The van der Waals surface area contributed by atoms with Crippen LogP contribution >= 0.6 is 12.4 Å². The van der Waals surface area contributed by atoms with Gasteiger partial charge < -0.3 is 14.6 Å². The fraction of sp³-hybridized carbons (Fsp3) is 0.476. The highest BCUT2D eigenvalue weighted by Crippen LogP contribution is 2.25. The quantitative estimate of drug-likeness (QED) is 0.805. The first-order valence-electron chi connectivity index (χ1n) is 9.43. The molecular weight excluding hydrogens is 348 g/mol. The third-order valence-corrected chi connectivity index (χ3v) is 4.94. The van der Waals surface area contributed by atoms with E-state index >= 15 is 0 Å². The lowest BCUT2D eigenvalue weighted by Crippen LogP contribution is -2.46. The van der Waals surface area contributed by atoms with Crippen molar-refractivity contribution in [2.24, 2.45) is 0 Å². The molecule has 2 heterocycles. The summed E-state index contributed by atoms with van der Waals surface area (Å²) in [5.74, 6) is 1.22. The van der Waals surface area contributed by atoms with E-state index in [4.69, 9.17) is 4.42 Å². The molecule has 0 spiro atoms. The third kappa shape index (κ3) is 4.68. The first-order valence-corrected chi connectivity index (χ1v) is 9.43. The monoisotopic (exact) mass is 376 g/mol. The zero-order chi connectivity index (χ0) is 17.6. The number of hydrogen-bond donors (Lipinski definition) is 1. The molecule has 1 fully saturated rings. The van der Waals surface area contributed by atoms with E-state index in [1.54, 1.807) is 0 Å². The standard InChI is InChI=1S/C21H28N2O2.ClH/c1-3-15-23(18-11-13-22-14-12-18)21(24)20-10-9-19(25-20)17-7-5-16(4-2)6-8-17;/h5-10,18,22H,3-4,11-15H2,1-2H3;1H. The number of rotatable bonds is 6. The van der Waals surface area contributed by atoms with Crippen LogP contribution in [-0.2, 0) is 6.42 Å². The first-order chi connectivity index (χ1) is 12.2. The van der Waals surface area contributed by atoms with Crippen molar-refractivity contribution in [3.8, 4) is 11.3 Å². The lowest BCUT2D eigenvalue weighted by Gasteiger charge is -2.34. The van der Waals surface area contributed by atoms with Gasteiger partial charge in [-0.2, -0.15) is 0 Å². The number of furan rings is 1. The van der Waals surface area contributed by atoms with Crippen molar-refractivity contribution in [3.63, 3.8) is 0 Å². The smallest absolute Gasteiger partial charge is 0.289 e. The van der Waals surface area contributed by atoms with Gasteiger partial charge in [0.05, 0.1) is 0 Å². The summed E-state index contributed by atoms with van der Waals surface area (Å²) in [7, 11) is 0. The van der Waals surface area contributed by atoms with E-state index in [0.717, 1.165) is 56.6 Å². The van der Waals surface area contributed by atoms with Crippen LogP contribution in [0.15, 0.2) is 40.8 Å². The number of halogens is 1. The highest BCUT2D eigenvalue weighted by Gasteiger charge is 2.27. The number of nitrogens with zero attached hydrogens (tertiary/aromatic N) is 1. The third-order valence-electron chi connectivity index (χ3n) is 4.94. The maximum absolute atomic E-state index is 13.0. The van der Waals surface area contributed by atoms with E-state index in [0.29, 0.717) is 11.8 Å². The molecular formula is C21H29ClN2O2. The highest BCUT2D eigenvalue weighted by molar-refractivity contribution is 5.92. The Labute approximate surface area is 162 Å². The predicted octanol–water partition coefficient (Wildman–Crippen LogP) is 4.54. The molecule has 2 aromatic rings. The molecule has 1 aromatic heterocycles. The molecule has 1 N–H and O–H groups in total. The van der Waals surface area contributed by atoms with Crippen molar-refractivity contribution in [3.05, 3.63) is 47.7 Å². The molecule has 1 saturated heterocycles. The molecule has 142 valence electrons. The fourth-order valence-corrected chi connectivity index (χ4v) is 3.46. The molecule has 1 aromatic carbocycles. The Hall–Kier alpha value is -1.78. The normalized spacial score (nSPS) is 14.7. The van der Waals surface area contributed by atoms with E-state index in [2.05, 4.69) is 43.4 Å². The summed E-state index contributed by atoms with van der Waals surface area (Å²) in [5, 5.41) is 3.36. The molecule has 0 saturated carbocycles. The molecule has 1 amide bonds. The van der Waals surface area contributed by atoms with E-state index in [9.17, 15) is 4.79 Å². The molecule has 0 atom stereocenters. The van der Waals surface area contributed by atoms with Crippen LogP contribution in [0, 0.1) is 0 Å². The van der Waals surface area contributed by atoms with Gasteiger partial charge in [-0.1, -0.05) is 38.1 Å². The number of amides is 1. The molecule has 5 heteroatoms. The van der Waals surface area contributed by atoms with Crippen LogP contribution in [0.5, 0.6) is 0 Å². The van der Waals surface area contributed by atoms with E-state index in [-0.39, 0.29) is 18.3 Å². The summed E-state index contributed by atoms with van der Waals surface area (Å²) in [6.07, 6.45) is 4.00. The number of piperidine rings is 1. The SMILES string of the molecule is CCCN(C(=O)c1ccc(-c2ccc(CC)cc2)o1)C1CCNCC1.Cl. The molecule has 0 unspecified atom stereocenters. The van der Waals surface area contributed by atoms with E-state index in [1.165, 1.54) is 5.56 Å². The number of nitrogens with one attached hydrogen (secondary N) is 1. The Balaban J connectivity index is 0.00000243. The summed E-state index contributed by atoms with van der Waals surface area (Å²) in [6, 6.07) is 12.4. The van der Waals surface area contributed by atoms with Crippen LogP contribution < -0.4 is 5.32 Å². The maximum Gasteiger partial charge on any atom is 0.289 e. The Morgan fingerprint density at radius 2 is 1.81 bits per heavy atom. The molecule has 3 rings (SSSR count). The van der Waals surface area contributed by atoms with Gasteiger partial charge in [0, 0.05) is 18.2 Å². The van der Waals surface area contributed by atoms with Crippen molar-refractivity contribution in [1.82, 2.24) is 10.2 Å². The van der Waals surface area contributed by atoms with Crippen molar-refractivity contribution >= 4 is 18.3 Å². The largest absolute Gasteiger partial charge is 0.451 e.